The number of ether oxygens (including phenoxy) is 3. The van der Waals surface area contributed by atoms with Crippen molar-refractivity contribution in [2.24, 2.45) is 0 Å². The average molecular weight is 383 g/mol. The third kappa shape index (κ3) is 4.56. The Morgan fingerprint density at radius 1 is 1.11 bits per heavy atom. The second-order valence-corrected chi connectivity index (χ2v) is 5.38. The molecule has 0 aliphatic carbocycles. The van der Waals surface area contributed by atoms with Crippen LogP contribution < -0.4 is 19.5 Å². The van der Waals surface area contributed by atoms with Gasteiger partial charge in [0.25, 0.3) is 11.6 Å². The van der Waals surface area contributed by atoms with Crippen LogP contribution >= 0.6 is 0 Å². The standard InChI is InChI=1S/C19H17N3O6/c1-26-15-6-4-14(5-7-15)21-19(23)13(11-20)8-12-9-17(27-2)18(28-3)10-16(12)22(24)25/h4-10H,1-3H3,(H,21,23)/b13-8-. The van der Waals surface area contributed by atoms with E-state index in [9.17, 15) is 20.2 Å². The molecule has 0 aliphatic rings. The first-order valence-corrected chi connectivity index (χ1v) is 7.91. The highest BCUT2D eigenvalue weighted by molar-refractivity contribution is 6.10. The summed E-state index contributed by atoms with van der Waals surface area (Å²) >= 11 is 0. The molecular formula is C19H17N3O6. The van der Waals surface area contributed by atoms with Gasteiger partial charge in [-0.2, -0.15) is 5.26 Å². The van der Waals surface area contributed by atoms with Crippen LogP contribution in [0.2, 0.25) is 0 Å². The Morgan fingerprint density at radius 3 is 2.21 bits per heavy atom. The third-order valence-electron chi connectivity index (χ3n) is 3.74. The molecule has 9 nitrogen and oxygen atoms in total. The van der Waals surface area contributed by atoms with Gasteiger partial charge in [0.1, 0.15) is 17.4 Å². The zero-order chi connectivity index (χ0) is 20.7. The van der Waals surface area contributed by atoms with Crippen LogP contribution in [-0.2, 0) is 4.79 Å². The van der Waals surface area contributed by atoms with Crippen molar-refractivity contribution in [3.63, 3.8) is 0 Å². The third-order valence-corrected chi connectivity index (χ3v) is 3.74. The summed E-state index contributed by atoms with van der Waals surface area (Å²) in [7, 11) is 4.24. The first-order chi connectivity index (χ1) is 13.4. The highest BCUT2D eigenvalue weighted by Gasteiger charge is 2.20. The molecule has 2 rings (SSSR count). The Balaban J connectivity index is 2.40. The maximum Gasteiger partial charge on any atom is 0.280 e. The predicted octanol–water partition coefficient (Wildman–Crippen LogP) is 3.17. The van der Waals surface area contributed by atoms with Crippen LogP contribution in [0.4, 0.5) is 11.4 Å². The fourth-order valence-electron chi connectivity index (χ4n) is 2.33. The van der Waals surface area contributed by atoms with Crippen molar-refractivity contribution < 1.29 is 23.9 Å². The van der Waals surface area contributed by atoms with Crippen LogP contribution in [0.25, 0.3) is 6.08 Å². The number of anilines is 1. The van der Waals surface area contributed by atoms with E-state index in [0.29, 0.717) is 11.4 Å². The van der Waals surface area contributed by atoms with Gasteiger partial charge in [0.05, 0.1) is 37.9 Å². The molecule has 0 unspecified atom stereocenters. The van der Waals surface area contributed by atoms with Gasteiger partial charge >= 0.3 is 0 Å². The number of carbonyl (C=O) groups excluding carboxylic acids is 1. The molecule has 2 aromatic carbocycles. The fraction of sp³-hybridized carbons (Fsp3) is 0.158. The van der Waals surface area contributed by atoms with Gasteiger partial charge in [-0.05, 0) is 36.4 Å². The van der Waals surface area contributed by atoms with Crippen molar-refractivity contribution in [1.82, 2.24) is 0 Å². The summed E-state index contributed by atoms with van der Waals surface area (Å²) in [4.78, 5) is 23.1. The zero-order valence-corrected chi connectivity index (χ0v) is 15.4. The summed E-state index contributed by atoms with van der Waals surface area (Å²) in [5.41, 5.74) is -0.174. The molecule has 0 fully saturated rings. The van der Waals surface area contributed by atoms with Gasteiger partial charge in [-0.3, -0.25) is 14.9 Å². The molecule has 2 aromatic rings. The first kappa shape index (κ1) is 20.3. The van der Waals surface area contributed by atoms with E-state index in [2.05, 4.69) is 5.32 Å². The van der Waals surface area contributed by atoms with Crippen LogP contribution in [0.1, 0.15) is 5.56 Å². The van der Waals surface area contributed by atoms with Gasteiger partial charge < -0.3 is 19.5 Å². The number of methoxy groups -OCH3 is 3. The second kappa shape index (κ2) is 9.05. The minimum atomic E-state index is -0.711. The smallest absolute Gasteiger partial charge is 0.280 e. The molecule has 0 heterocycles. The number of carbonyl (C=O) groups is 1. The Hall–Kier alpha value is -4.06. The van der Waals surface area contributed by atoms with Gasteiger partial charge in [-0.25, -0.2) is 0 Å². The van der Waals surface area contributed by atoms with E-state index in [1.54, 1.807) is 30.3 Å². The molecule has 0 saturated carbocycles. The molecule has 0 spiro atoms. The van der Waals surface area contributed by atoms with E-state index >= 15 is 0 Å². The summed E-state index contributed by atoms with van der Waals surface area (Å²) in [6, 6.07) is 10.7. The van der Waals surface area contributed by atoms with Gasteiger partial charge in [0.15, 0.2) is 11.5 Å². The van der Waals surface area contributed by atoms with Crippen molar-refractivity contribution in [3.05, 3.63) is 57.6 Å². The Labute approximate surface area is 160 Å². The van der Waals surface area contributed by atoms with Crippen LogP contribution in [0.5, 0.6) is 17.2 Å². The highest BCUT2D eigenvalue weighted by atomic mass is 16.6. The highest BCUT2D eigenvalue weighted by Crippen LogP contribution is 2.35. The number of benzene rings is 2. The number of amides is 1. The zero-order valence-electron chi connectivity index (χ0n) is 15.4. The van der Waals surface area contributed by atoms with Crippen LogP contribution in [0.15, 0.2) is 42.0 Å². The maximum absolute atomic E-state index is 12.4. The number of rotatable bonds is 7. The molecule has 9 heteroatoms. The number of nitro groups is 1. The van der Waals surface area contributed by atoms with E-state index in [0.717, 1.165) is 6.08 Å². The van der Waals surface area contributed by atoms with Crippen LogP contribution in [-0.4, -0.2) is 32.2 Å². The Kier molecular flexibility index (Phi) is 6.54. The SMILES string of the molecule is COc1ccc(NC(=O)/C(C#N)=C\c2cc(OC)c(OC)cc2[N+](=O)[O-])cc1. The molecule has 1 N–H and O–H groups in total. The quantitative estimate of drug-likeness (QED) is 0.337. The number of nitrogens with zero attached hydrogens (tertiary/aromatic N) is 2. The Bertz CT molecular complexity index is 961. The van der Waals surface area contributed by atoms with Crippen molar-refractivity contribution >= 4 is 23.4 Å². The minimum Gasteiger partial charge on any atom is -0.497 e. The molecule has 144 valence electrons. The number of hydrogen-bond donors (Lipinski definition) is 1. The molecule has 0 aromatic heterocycles. The lowest BCUT2D eigenvalue weighted by Crippen LogP contribution is -2.13. The van der Waals surface area contributed by atoms with Crippen molar-refractivity contribution in [2.45, 2.75) is 0 Å². The van der Waals surface area contributed by atoms with Gasteiger partial charge in [-0.1, -0.05) is 0 Å². The monoisotopic (exact) mass is 383 g/mol. The van der Waals surface area contributed by atoms with E-state index in [4.69, 9.17) is 14.2 Å². The summed E-state index contributed by atoms with van der Waals surface area (Å²) in [5.74, 6) is 0.284. The topological polar surface area (TPSA) is 124 Å². The maximum atomic E-state index is 12.4. The van der Waals surface area contributed by atoms with E-state index in [1.807, 2.05) is 0 Å². The number of hydrogen-bond acceptors (Lipinski definition) is 7. The Morgan fingerprint density at radius 2 is 1.71 bits per heavy atom. The van der Waals surface area contributed by atoms with Gasteiger partial charge in [-0.15, -0.1) is 0 Å². The average Bonchev–Trinajstić information content (AvgIpc) is 2.71. The van der Waals surface area contributed by atoms with Crippen molar-refractivity contribution in [2.75, 3.05) is 26.6 Å². The molecule has 0 saturated heterocycles. The number of nitrogens with one attached hydrogen (secondary N) is 1. The molecular weight excluding hydrogens is 366 g/mol. The second-order valence-electron chi connectivity index (χ2n) is 5.38. The largest absolute Gasteiger partial charge is 0.497 e. The first-order valence-electron chi connectivity index (χ1n) is 7.91. The van der Waals surface area contributed by atoms with E-state index in [1.165, 1.54) is 33.5 Å². The number of nitro benzene ring substituents is 1. The lowest BCUT2D eigenvalue weighted by molar-refractivity contribution is -0.385. The normalized spacial score (nSPS) is 10.6. The van der Waals surface area contributed by atoms with E-state index < -0.39 is 10.8 Å². The van der Waals surface area contributed by atoms with Crippen molar-refractivity contribution in [1.29, 1.82) is 5.26 Å². The van der Waals surface area contributed by atoms with Crippen LogP contribution in [0.3, 0.4) is 0 Å². The van der Waals surface area contributed by atoms with Gasteiger partial charge in [0, 0.05) is 5.69 Å². The predicted molar refractivity (Wildman–Crippen MR) is 101 cm³/mol. The van der Waals surface area contributed by atoms with Crippen LogP contribution in [0, 0.1) is 21.4 Å². The molecule has 1 amide bonds. The summed E-state index contributed by atoms with van der Waals surface area (Å²) < 4.78 is 15.2. The summed E-state index contributed by atoms with van der Waals surface area (Å²) in [6.07, 6.45) is 1.12. The minimum absolute atomic E-state index is 0.0316. The fourth-order valence-corrected chi connectivity index (χ4v) is 2.33. The summed E-state index contributed by atoms with van der Waals surface area (Å²) in [5, 5.41) is 23.3. The molecule has 0 atom stereocenters. The molecule has 0 bridgehead atoms. The van der Waals surface area contributed by atoms with Crippen molar-refractivity contribution in [3.8, 4) is 23.3 Å². The van der Waals surface area contributed by atoms with E-state index in [-0.39, 0.29) is 28.3 Å². The summed E-state index contributed by atoms with van der Waals surface area (Å²) in [6.45, 7) is 0. The molecule has 0 aliphatic heterocycles. The van der Waals surface area contributed by atoms with Gasteiger partial charge in [0.2, 0.25) is 0 Å². The molecule has 0 radical (unpaired) electrons. The molecule has 28 heavy (non-hydrogen) atoms. The lowest BCUT2D eigenvalue weighted by Gasteiger charge is -2.09. The lowest BCUT2D eigenvalue weighted by atomic mass is 10.1. The number of nitriles is 1.